The molecular weight excluding hydrogens is 878 g/mol. The average Bonchev–Trinajstić information content (AvgIpc) is 4.08. The van der Waals surface area contributed by atoms with E-state index in [1.807, 2.05) is 0 Å². The molecular formula is C66H50BN3O2. The average molecular weight is 928 g/mol. The first kappa shape index (κ1) is 41.3. The van der Waals surface area contributed by atoms with E-state index < -0.39 is 0 Å². The molecule has 0 radical (unpaired) electrons. The van der Waals surface area contributed by atoms with Gasteiger partial charge in [-0.25, -0.2) is 0 Å². The number of para-hydroxylation sites is 4. The zero-order chi connectivity index (χ0) is 48.4. The summed E-state index contributed by atoms with van der Waals surface area (Å²) in [6.45, 7) is 13.5. The van der Waals surface area contributed by atoms with Gasteiger partial charge in [-0.05, 0) is 122 Å². The van der Waals surface area contributed by atoms with E-state index >= 15 is 0 Å². The summed E-state index contributed by atoms with van der Waals surface area (Å²) >= 11 is 0. The molecule has 2 aliphatic heterocycles. The maximum Gasteiger partial charge on any atom is 0.333 e. The highest BCUT2D eigenvalue weighted by atomic mass is 16.3. The van der Waals surface area contributed by atoms with Gasteiger partial charge in [0.15, 0.2) is 5.58 Å². The number of hydrogen-bond donors (Lipinski definition) is 0. The Hall–Kier alpha value is -8.48. The Morgan fingerprint density at radius 2 is 1.03 bits per heavy atom. The number of rotatable bonds is 4. The van der Waals surface area contributed by atoms with Crippen LogP contribution in [-0.4, -0.2) is 11.4 Å². The van der Waals surface area contributed by atoms with Gasteiger partial charge in [-0.15, -0.1) is 0 Å². The highest BCUT2D eigenvalue weighted by Gasteiger charge is 2.46. The molecule has 6 heteroatoms. The van der Waals surface area contributed by atoms with Gasteiger partial charge in [-0.1, -0.05) is 163 Å². The van der Waals surface area contributed by atoms with Crippen LogP contribution in [0.3, 0.4) is 0 Å². The largest absolute Gasteiger partial charge is 0.455 e. The second kappa shape index (κ2) is 14.6. The maximum atomic E-state index is 7.17. The van der Waals surface area contributed by atoms with E-state index in [1.165, 1.54) is 54.6 Å². The minimum atomic E-state index is -0.241. The van der Waals surface area contributed by atoms with Gasteiger partial charge in [0.1, 0.15) is 16.7 Å². The smallest absolute Gasteiger partial charge is 0.333 e. The lowest BCUT2D eigenvalue weighted by Crippen LogP contribution is -2.60. The first-order chi connectivity index (χ1) is 35.0. The Kier molecular flexibility index (Phi) is 8.35. The summed E-state index contributed by atoms with van der Waals surface area (Å²) in [6, 6.07) is 71.9. The number of aromatic nitrogens is 1. The van der Waals surface area contributed by atoms with Crippen LogP contribution in [-0.2, 0) is 10.8 Å². The lowest BCUT2D eigenvalue weighted by molar-refractivity contribution is 0.590. The molecule has 0 unspecified atom stereocenters. The van der Waals surface area contributed by atoms with Crippen LogP contribution in [0.15, 0.2) is 203 Å². The quantitative estimate of drug-likeness (QED) is 0.165. The van der Waals surface area contributed by atoms with Crippen molar-refractivity contribution < 1.29 is 8.83 Å². The molecule has 0 saturated heterocycles. The first-order valence-electron chi connectivity index (χ1n) is 25.3. The van der Waals surface area contributed by atoms with Crippen LogP contribution in [0.1, 0.15) is 52.7 Å². The molecule has 344 valence electrons. The van der Waals surface area contributed by atoms with Gasteiger partial charge in [0.2, 0.25) is 0 Å². The molecule has 10 aromatic carbocycles. The molecule has 0 amide bonds. The fourth-order valence-corrected chi connectivity index (χ4v) is 12.4. The minimum absolute atomic E-state index is 0.00137. The van der Waals surface area contributed by atoms with E-state index in [1.54, 1.807) is 0 Å². The summed E-state index contributed by atoms with van der Waals surface area (Å²) in [5.41, 5.74) is 19.6. The third kappa shape index (κ3) is 5.72. The van der Waals surface area contributed by atoms with Gasteiger partial charge in [-0.2, -0.15) is 0 Å². The summed E-state index contributed by atoms with van der Waals surface area (Å²) in [5, 5.41) is 9.37. The Morgan fingerprint density at radius 3 is 1.71 bits per heavy atom. The molecule has 5 nitrogen and oxygen atoms in total. The predicted octanol–water partition coefficient (Wildman–Crippen LogP) is 17.0. The monoisotopic (exact) mass is 927 g/mol. The van der Waals surface area contributed by atoms with Crippen LogP contribution in [0.5, 0.6) is 0 Å². The Balaban J connectivity index is 1.12. The molecule has 13 aromatic rings. The molecule has 0 saturated carbocycles. The molecule has 72 heavy (non-hydrogen) atoms. The van der Waals surface area contributed by atoms with Crippen molar-refractivity contribution in [2.45, 2.75) is 52.4 Å². The van der Waals surface area contributed by atoms with Gasteiger partial charge in [0, 0.05) is 66.3 Å². The maximum absolute atomic E-state index is 7.17. The Labute approximate surface area is 418 Å². The second-order valence-corrected chi connectivity index (χ2v) is 22.1. The van der Waals surface area contributed by atoms with Crippen LogP contribution in [0.4, 0.5) is 28.4 Å². The molecule has 0 aliphatic carbocycles. The number of anilines is 5. The summed E-state index contributed by atoms with van der Waals surface area (Å²) < 4.78 is 16.7. The van der Waals surface area contributed by atoms with E-state index in [2.05, 4.69) is 250 Å². The van der Waals surface area contributed by atoms with Crippen molar-refractivity contribution in [3.8, 4) is 16.8 Å². The normalized spacial score (nSPS) is 13.4. The summed E-state index contributed by atoms with van der Waals surface area (Å²) in [4.78, 5) is 5.03. The van der Waals surface area contributed by atoms with Gasteiger partial charge in [-0.3, -0.25) is 0 Å². The summed E-state index contributed by atoms with van der Waals surface area (Å²) in [6.07, 6.45) is 0. The summed E-state index contributed by atoms with van der Waals surface area (Å²) in [7, 11) is 0. The van der Waals surface area contributed by atoms with Crippen LogP contribution in [0.25, 0.3) is 93.3 Å². The first-order valence-corrected chi connectivity index (χ1v) is 25.3. The fourth-order valence-electron chi connectivity index (χ4n) is 12.4. The molecule has 0 bridgehead atoms. The Bertz CT molecular complexity index is 4370. The van der Waals surface area contributed by atoms with Gasteiger partial charge < -0.3 is 23.1 Å². The fraction of sp³-hybridized carbons (Fsp3) is 0.121. The van der Waals surface area contributed by atoms with E-state index in [4.69, 9.17) is 8.83 Å². The highest BCUT2D eigenvalue weighted by molar-refractivity contribution is 6.94. The minimum Gasteiger partial charge on any atom is -0.455 e. The van der Waals surface area contributed by atoms with Crippen molar-refractivity contribution in [1.29, 1.82) is 0 Å². The number of fused-ring (bicyclic) bond motifs is 16. The highest BCUT2D eigenvalue weighted by Crippen LogP contribution is 2.52. The number of benzene rings is 10. The third-order valence-electron chi connectivity index (χ3n) is 15.9. The molecule has 15 rings (SSSR count). The van der Waals surface area contributed by atoms with E-state index in [0.717, 1.165) is 89.1 Å². The zero-order valence-corrected chi connectivity index (χ0v) is 41.2. The summed E-state index contributed by atoms with van der Waals surface area (Å²) in [5.74, 6) is 0. The Morgan fingerprint density at radius 1 is 0.444 bits per heavy atom. The van der Waals surface area contributed by atoms with E-state index in [0.29, 0.717) is 0 Å². The molecule has 2 aliphatic rings. The van der Waals surface area contributed by atoms with Crippen molar-refractivity contribution in [2.75, 3.05) is 9.71 Å². The van der Waals surface area contributed by atoms with Crippen LogP contribution in [0.2, 0.25) is 0 Å². The molecule has 0 spiro atoms. The number of furan rings is 2. The molecule has 5 heterocycles. The lowest BCUT2D eigenvalue weighted by Gasteiger charge is -2.42. The molecule has 3 aromatic heterocycles. The van der Waals surface area contributed by atoms with Gasteiger partial charge in [0.25, 0.3) is 0 Å². The van der Waals surface area contributed by atoms with Crippen LogP contribution in [0, 0.1) is 0 Å². The van der Waals surface area contributed by atoms with Crippen molar-refractivity contribution in [1.82, 2.24) is 4.57 Å². The van der Waals surface area contributed by atoms with Crippen molar-refractivity contribution in [3.05, 3.63) is 205 Å². The van der Waals surface area contributed by atoms with E-state index in [9.17, 15) is 0 Å². The molecule has 0 N–H and O–H groups in total. The van der Waals surface area contributed by atoms with Crippen LogP contribution < -0.4 is 20.6 Å². The van der Waals surface area contributed by atoms with Gasteiger partial charge in [0.05, 0.1) is 16.7 Å². The van der Waals surface area contributed by atoms with E-state index in [-0.39, 0.29) is 17.7 Å². The third-order valence-corrected chi connectivity index (χ3v) is 15.9. The predicted molar refractivity (Wildman–Crippen MR) is 304 cm³/mol. The van der Waals surface area contributed by atoms with Crippen molar-refractivity contribution >= 4 is 123 Å². The zero-order valence-electron chi connectivity index (χ0n) is 41.2. The molecule has 0 atom stereocenters. The van der Waals surface area contributed by atoms with Crippen molar-refractivity contribution in [2.24, 2.45) is 0 Å². The second-order valence-electron chi connectivity index (χ2n) is 22.1. The topological polar surface area (TPSA) is 37.7 Å². The SMILES string of the molecule is CC(C)(C)c1ccc(N(c2ccc(C(C)(C)C)cc2)c2cc3c4c(c2)-n2c5ccc6ccccc6c5c5cccc(c52)B4N(c2cccc4c2oc2ccccc24)c2ccc4c(oc5ccccc54)c2-3)cc1. The lowest BCUT2D eigenvalue weighted by atomic mass is 9.44. The number of nitrogens with zero attached hydrogens (tertiary/aromatic N) is 3. The standard InChI is InChI=1S/C66H50BN3O2/c1-65(2,3)40-26-30-42(31-27-40)68(43-32-28-41(29-33-43)66(4,5)6)44-37-51-60-54(36-34-49-47-18-10-12-24-58(47)72-64(49)60)70(55-22-14-19-48-46-17-9-11-23-57(46)71-63(48)55)67-52-21-13-20-50-59-45-16-8-7-15-39(45)25-35-53(59)69(62(50)52)56(38-44)61(51)67/h7-38H,1-6H3. The van der Waals surface area contributed by atoms with Crippen LogP contribution >= 0.6 is 0 Å². The molecule has 0 fully saturated rings. The van der Waals surface area contributed by atoms with Gasteiger partial charge >= 0.3 is 6.85 Å². The van der Waals surface area contributed by atoms with Crippen molar-refractivity contribution in [3.63, 3.8) is 0 Å². The number of hydrogen-bond acceptors (Lipinski definition) is 4.